The van der Waals surface area contributed by atoms with E-state index in [1.165, 1.54) is 14.4 Å². The molecule has 124 valence electrons. The zero-order valence-corrected chi connectivity index (χ0v) is 15.7. The van der Waals surface area contributed by atoms with Gasteiger partial charge in [-0.15, -0.1) is 22.7 Å². The van der Waals surface area contributed by atoms with Crippen molar-refractivity contribution in [3.05, 3.63) is 52.4 Å². The van der Waals surface area contributed by atoms with Gasteiger partial charge in [0.25, 0.3) is 0 Å². The molecule has 0 bridgehead atoms. The Labute approximate surface area is 155 Å². The number of allylic oxidation sites excluding steroid dienone is 1. The van der Waals surface area contributed by atoms with Crippen molar-refractivity contribution in [2.45, 2.75) is 13.8 Å². The van der Waals surface area contributed by atoms with Gasteiger partial charge in [0.15, 0.2) is 0 Å². The monoisotopic (exact) mass is 363 g/mol. The van der Waals surface area contributed by atoms with Gasteiger partial charge in [-0.25, -0.2) is 0 Å². The van der Waals surface area contributed by atoms with Gasteiger partial charge in [0, 0.05) is 27.4 Å². The Morgan fingerprint density at radius 3 is 2.28 bits per heavy atom. The van der Waals surface area contributed by atoms with Gasteiger partial charge < -0.3 is 4.90 Å². The van der Waals surface area contributed by atoms with E-state index in [1.54, 1.807) is 34.8 Å². The van der Waals surface area contributed by atoms with Crippen molar-refractivity contribution < 1.29 is 0 Å². The first-order valence-electron chi connectivity index (χ1n) is 8.09. The molecule has 0 aliphatic heterocycles. The van der Waals surface area contributed by atoms with E-state index in [4.69, 9.17) is 5.26 Å². The largest absolute Gasteiger partial charge is 0.364 e. The molecule has 3 rings (SSSR count). The van der Waals surface area contributed by atoms with Crippen LogP contribution in [0.4, 0.5) is 5.00 Å². The maximum absolute atomic E-state index is 9.49. The molecule has 2 heterocycles. The molecule has 0 unspecified atom stereocenters. The number of fused-ring (bicyclic) bond motifs is 1. The van der Waals surface area contributed by atoms with Crippen LogP contribution in [0.3, 0.4) is 0 Å². The molecule has 0 radical (unpaired) electrons. The number of thiophene rings is 2. The second-order valence-corrected chi connectivity index (χ2v) is 7.67. The Morgan fingerprint density at radius 1 is 1.04 bits per heavy atom. The zero-order valence-electron chi connectivity index (χ0n) is 14.1. The van der Waals surface area contributed by atoms with Crippen molar-refractivity contribution in [3.63, 3.8) is 0 Å². The van der Waals surface area contributed by atoms with E-state index in [1.807, 2.05) is 18.2 Å². The van der Waals surface area contributed by atoms with Crippen molar-refractivity contribution in [2.24, 2.45) is 0 Å². The standard InChI is InChI=1S/C20H17N3S2/c1-3-23(4-2)20-11-19-18(25-20)10-17(24-19)9-16(13-22)15-7-5-14(12-21)6-8-15/h5-11H,3-4H2,1-2H3/b16-9+. The lowest BCUT2D eigenvalue weighted by Gasteiger charge is -2.17. The molecule has 0 aliphatic carbocycles. The molecule has 0 saturated carbocycles. The third kappa shape index (κ3) is 3.58. The molecular formula is C20H17N3S2. The minimum absolute atomic E-state index is 0.599. The highest BCUT2D eigenvalue weighted by atomic mass is 32.1. The summed E-state index contributed by atoms with van der Waals surface area (Å²) in [6.45, 7) is 6.35. The highest BCUT2D eigenvalue weighted by Gasteiger charge is 2.10. The average molecular weight is 364 g/mol. The van der Waals surface area contributed by atoms with Gasteiger partial charge in [0.1, 0.15) is 0 Å². The maximum atomic E-state index is 9.49. The van der Waals surface area contributed by atoms with Gasteiger partial charge in [-0.2, -0.15) is 10.5 Å². The highest BCUT2D eigenvalue weighted by Crippen LogP contribution is 2.39. The summed E-state index contributed by atoms with van der Waals surface area (Å²) in [5.74, 6) is 0. The molecule has 3 aromatic rings. The van der Waals surface area contributed by atoms with Gasteiger partial charge >= 0.3 is 0 Å². The Bertz CT molecular complexity index is 959. The first-order valence-corrected chi connectivity index (χ1v) is 9.72. The minimum atomic E-state index is 0.599. The molecule has 0 saturated heterocycles. The van der Waals surface area contributed by atoms with Crippen LogP contribution in [0.1, 0.15) is 29.9 Å². The summed E-state index contributed by atoms with van der Waals surface area (Å²) in [5, 5.41) is 19.7. The summed E-state index contributed by atoms with van der Waals surface area (Å²) in [4.78, 5) is 3.43. The number of hydrogen-bond donors (Lipinski definition) is 0. The topological polar surface area (TPSA) is 50.8 Å². The Hall–Kier alpha value is -2.60. The number of nitrogens with zero attached hydrogens (tertiary/aromatic N) is 3. The molecule has 3 nitrogen and oxygen atoms in total. The van der Waals surface area contributed by atoms with Crippen LogP contribution in [0, 0.1) is 22.7 Å². The summed E-state index contributed by atoms with van der Waals surface area (Å²) < 4.78 is 2.52. The lowest BCUT2D eigenvalue weighted by Crippen LogP contribution is -2.20. The van der Waals surface area contributed by atoms with E-state index in [2.05, 4.69) is 43.0 Å². The van der Waals surface area contributed by atoms with Crippen molar-refractivity contribution >= 4 is 48.7 Å². The summed E-state index contributed by atoms with van der Waals surface area (Å²) >= 11 is 3.51. The first-order chi connectivity index (χ1) is 12.2. The van der Waals surface area contributed by atoms with Gasteiger partial charge in [0.2, 0.25) is 0 Å². The van der Waals surface area contributed by atoms with Crippen LogP contribution < -0.4 is 4.90 Å². The third-order valence-corrected chi connectivity index (χ3v) is 6.32. The molecular weight excluding hydrogens is 346 g/mol. The van der Waals surface area contributed by atoms with Crippen LogP contribution in [0.15, 0.2) is 36.4 Å². The first kappa shape index (κ1) is 17.2. The van der Waals surface area contributed by atoms with Crippen LogP contribution in [-0.2, 0) is 0 Å². The van der Waals surface area contributed by atoms with E-state index >= 15 is 0 Å². The molecule has 0 spiro atoms. The van der Waals surface area contributed by atoms with Crippen molar-refractivity contribution in [3.8, 4) is 12.1 Å². The van der Waals surface area contributed by atoms with Gasteiger partial charge in [-0.1, -0.05) is 12.1 Å². The van der Waals surface area contributed by atoms with Crippen molar-refractivity contribution in [1.82, 2.24) is 0 Å². The molecule has 2 aromatic heterocycles. The zero-order chi connectivity index (χ0) is 17.8. The molecule has 0 aliphatic rings. The third-order valence-electron chi connectivity index (χ3n) is 4.02. The summed E-state index contributed by atoms with van der Waals surface area (Å²) in [5.41, 5.74) is 2.05. The van der Waals surface area contributed by atoms with E-state index in [9.17, 15) is 5.26 Å². The van der Waals surface area contributed by atoms with E-state index in [-0.39, 0.29) is 0 Å². The molecule has 25 heavy (non-hydrogen) atoms. The van der Waals surface area contributed by atoms with Crippen LogP contribution in [-0.4, -0.2) is 13.1 Å². The van der Waals surface area contributed by atoms with Gasteiger partial charge in [-0.05, 0) is 49.8 Å². The maximum Gasteiger partial charge on any atom is 0.0998 e. The molecule has 0 amide bonds. The number of benzene rings is 1. The Morgan fingerprint density at radius 2 is 1.72 bits per heavy atom. The fourth-order valence-electron chi connectivity index (χ4n) is 2.65. The second-order valence-electron chi connectivity index (χ2n) is 5.49. The average Bonchev–Trinajstić information content (AvgIpc) is 3.19. The van der Waals surface area contributed by atoms with Gasteiger partial charge in [-0.3, -0.25) is 0 Å². The van der Waals surface area contributed by atoms with E-state index in [0.29, 0.717) is 11.1 Å². The van der Waals surface area contributed by atoms with E-state index in [0.717, 1.165) is 23.5 Å². The predicted octanol–water partition coefficient (Wildman–Crippen LogP) is 5.74. The predicted molar refractivity (Wildman–Crippen MR) is 108 cm³/mol. The lowest BCUT2D eigenvalue weighted by atomic mass is 10.0. The van der Waals surface area contributed by atoms with Crippen LogP contribution in [0.25, 0.3) is 21.0 Å². The second kappa shape index (κ2) is 7.53. The van der Waals surface area contributed by atoms with E-state index < -0.39 is 0 Å². The Balaban J connectivity index is 1.92. The summed E-state index contributed by atoms with van der Waals surface area (Å²) in [6, 6.07) is 15.9. The quantitative estimate of drug-likeness (QED) is 0.543. The number of nitriles is 2. The van der Waals surface area contributed by atoms with Gasteiger partial charge in [0.05, 0.1) is 28.3 Å². The summed E-state index contributed by atoms with van der Waals surface area (Å²) in [6.07, 6.45) is 1.93. The highest BCUT2D eigenvalue weighted by molar-refractivity contribution is 7.30. The molecule has 0 fully saturated rings. The molecule has 5 heteroatoms. The fraction of sp³-hybridized carbons (Fsp3) is 0.200. The fourth-order valence-corrected chi connectivity index (χ4v) is 5.12. The smallest absolute Gasteiger partial charge is 0.0998 e. The number of rotatable bonds is 5. The Kier molecular flexibility index (Phi) is 5.19. The van der Waals surface area contributed by atoms with Crippen molar-refractivity contribution in [2.75, 3.05) is 18.0 Å². The van der Waals surface area contributed by atoms with Crippen LogP contribution >= 0.6 is 22.7 Å². The van der Waals surface area contributed by atoms with Crippen LogP contribution in [0.2, 0.25) is 0 Å². The van der Waals surface area contributed by atoms with Crippen LogP contribution in [0.5, 0.6) is 0 Å². The molecule has 1 aromatic carbocycles. The van der Waals surface area contributed by atoms with Crippen molar-refractivity contribution in [1.29, 1.82) is 10.5 Å². The normalized spacial score (nSPS) is 11.3. The minimum Gasteiger partial charge on any atom is -0.364 e. The summed E-state index contributed by atoms with van der Waals surface area (Å²) in [7, 11) is 0. The number of anilines is 1. The SMILES string of the molecule is CCN(CC)c1cc2sc(/C=C(\C#N)c3ccc(C#N)cc3)cc2s1. The molecule has 0 N–H and O–H groups in total. The lowest BCUT2D eigenvalue weighted by molar-refractivity contribution is 0.877. The number of hydrogen-bond acceptors (Lipinski definition) is 5. The molecule has 0 atom stereocenters.